The number of rotatable bonds is 6. The van der Waals surface area contributed by atoms with Crippen molar-refractivity contribution in [2.24, 2.45) is 0 Å². The Kier molecular flexibility index (Phi) is 5.63. The van der Waals surface area contributed by atoms with Crippen LogP contribution in [0.25, 0.3) is 0 Å². The highest BCUT2D eigenvalue weighted by Gasteiger charge is 2.31. The summed E-state index contributed by atoms with van der Waals surface area (Å²) >= 11 is 3.65. The summed E-state index contributed by atoms with van der Waals surface area (Å²) in [4.78, 5) is 1.35. The predicted octanol–water partition coefficient (Wildman–Crippen LogP) is 2.80. The summed E-state index contributed by atoms with van der Waals surface area (Å²) in [5.41, 5.74) is 0.903. The molecular weight excluding hydrogens is 274 g/mol. The zero-order valence-corrected chi connectivity index (χ0v) is 13.3. The summed E-state index contributed by atoms with van der Waals surface area (Å²) in [6, 6.07) is 8.95. The molecule has 2 nitrogen and oxygen atoms in total. The second-order valence-corrected chi connectivity index (χ2v) is 7.28. The van der Waals surface area contributed by atoms with Crippen molar-refractivity contribution >= 4 is 23.5 Å². The number of hydrogen-bond donors (Lipinski definition) is 2. The van der Waals surface area contributed by atoms with Crippen LogP contribution in [0, 0.1) is 0 Å². The number of thioether (sulfide) groups is 2. The van der Waals surface area contributed by atoms with E-state index >= 15 is 0 Å². The summed E-state index contributed by atoms with van der Waals surface area (Å²) in [5.74, 6) is 1.95. The second-order valence-electron chi connectivity index (χ2n) is 5.32. The normalized spacial score (nSPS) is 24.6. The van der Waals surface area contributed by atoms with Crippen LogP contribution < -0.4 is 5.32 Å². The van der Waals surface area contributed by atoms with Gasteiger partial charge in [0.1, 0.15) is 0 Å². The van der Waals surface area contributed by atoms with Gasteiger partial charge in [-0.3, -0.25) is 0 Å². The summed E-state index contributed by atoms with van der Waals surface area (Å²) in [5, 5.41) is 13.8. The molecule has 0 amide bonds. The van der Waals surface area contributed by atoms with E-state index in [2.05, 4.69) is 42.8 Å². The first-order chi connectivity index (χ1) is 9.13. The molecule has 1 fully saturated rings. The molecule has 1 aromatic rings. The Morgan fingerprint density at radius 3 is 2.95 bits per heavy atom. The zero-order valence-electron chi connectivity index (χ0n) is 11.7. The number of aliphatic hydroxyl groups is 1. The van der Waals surface area contributed by atoms with Crippen LogP contribution in [0.4, 0.5) is 0 Å². The number of nitrogens with one attached hydrogen (secondary N) is 1. The van der Waals surface area contributed by atoms with Gasteiger partial charge in [0.15, 0.2) is 0 Å². The minimum absolute atomic E-state index is 0.392. The molecule has 0 aromatic heterocycles. The van der Waals surface area contributed by atoms with Gasteiger partial charge in [-0.25, -0.2) is 0 Å². The molecule has 1 aliphatic rings. The lowest BCUT2D eigenvalue weighted by Crippen LogP contribution is -2.44. The maximum absolute atomic E-state index is 10.3. The average molecular weight is 297 g/mol. The molecule has 19 heavy (non-hydrogen) atoms. The lowest BCUT2D eigenvalue weighted by Gasteiger charge is -2.25. The largest absolute Gasteiger partial charge is 0.388 e. The van der Waals surface area contributed by atoms with Gasteiger partial charge in [0, 0.05) is 23.2 Å². The third-order valence-corrected chi connectivity index (χ3v) is 5.65. The third kappa shape index (κ3) is 4.42. The molecule has 2 atom stereocenters. The van der Waals surface area contributed by atoms with Crippen molar-refractivity contribution in [3.8, 4) is 0 Å². The van der Waals surface area contributed by atoms with Crippen LogP contribution in [-0.4, -0.2) is 41.1 Å². The van der Waals surface area contributed by atoms with E-state index in [-0.39, 0.29) is 0 Å². The SMILES string of the molecule is CSc1ccccc1C[C@@H](C)NC[C@@]1(O)CCSC1. The standard InChI is InChI=1S/C15H23NOS2/c1-12(16-10-15(17)7-8-19-11-15)9-13-5-3-4-6-14(13)18-2/h3-6,12,16-17H,7-11H2,1-2H3/t12-,15+/m1/s1. The van der Waals surface area contributed by atoms with E-state index in [9.17, 15) is 5.11 Å². The van der Waals surface area contributed by atoms with E-state index in [0.29, 0.717) is 12.6 Å². The predicted molar refractivity (Wildman–Crippen MR) is 86.3 cm³/mol. The van der Waals surface area contributed by atoms with Crippen LogP contribution in [0.2, 0.25) is 0 Å². The highest BCUT2D eigenvalue weighted by atomic mass is 32.2. The van der Waals surface area contributed by atoms with Gasteiger partial charge in [0.25, 0.3) is 0 Å². The Balaban J connectivity index is 1.85. The monoisotopic (exact) mass is 297 g/mol. The van der Waals surface area contributed by atoms with Gasteiger partial charge in [-0.05, 0) is 43.4 Å². The van der Waals surface area contributed by atoms with E-state index in [1.165, 1.54) is 10.5 Å². The maximum Gasteiger partial charge on any atom is 0.0869 e. The quantitative estimate of drug-likeness (QED) is 0.791. The van der Waals surface area contributed by atoms with Crippen LogP contribution in [0.1, 0.15) is 18.9 Å². The van der Waals surface area contributed by atoms with Crippen molar-refractivity contribution in [3.63, 3.8) is 0 Å². The Hall–Kier alpha value is -0.160. The number of hydrogen-bond acceptors (Lipinski definition) is 4. The van der Waals surface area contributed by atoms with Crippen LogP contribution in [0.5, 0.6) is 0 Å². The topological polar surface area (TPSA) is 32.3 Å². The van der Waals surface area contributed by atoms with Crippen molar-refractivity contribution in [2.75, 3.05) is 24.3 Å². The Morgan fingerprint density at radius 1 is 1.47 bits per heavy atom. The molecule has 0 saturated carbocycles. The zero-order chi connectivity index (χ0) is 13.7. The second kappa shape index (κ2) is 7.02. The Bertz CT molecular complexity index is 405. The van der Waals surface area contributed by atoms with Crippen LogP contribution >= 0.6 is 23.5 Å². The molecule has 0 aliphatic carbocycles. The van der Waals surface area contributed by atoms with E-state index in [1.807, 2.05) is 11.8 Å². The fourth-order valence-electron chi connectivity index (χ4n) is 2.37. The van der Waals surface area contributed by atoms with E-state index in [1.54, 1.807) is 11.8 Å². The Labute approximate surface area is 124 Å². The minimum atomic E-state index is -0.488. The summed E-state index contributed by atoms with van der Waals surface area (Å²) in [7, 11) is 0. The van der Waals surface area contributed by atoms with Crippen LogP contribution in [0.3, 0.4) is 0 Å². The maximum atomic E-state index is 10.3. The van der Waals surface area contributed by atoms with Gasteiger partial charge in [-0.1, -0.05) is 18.2 Å². The van der Waals surface area contributed by atoms with Gasteiger partial charge in [0.05, 0.1) is 5.60 Å². The third-order valence-electron chi connectivity index (χ3n) is 3.58. The average Bonchev–Trinajstić information content (AvgIpc) is 2.85. The van der Waals surface area contributed by atoms with Crippen LogP contribution in [-0.2, 0) is 6.42 Å². The molecule has 0 spiro atoms. The molecule has 1 saturated heterocycles. The van der Waals surface area contributed by atoms with Crippen LogP contribution in [0.15, 0.2) is 29.2 Å². The molecule has 4 heteroatoms. The molecule has 0 radical (unpaired) electrons. The smallest absolute Gasteiger partial charge is 0.0869 e. The lowest BCUT2D eigenvalue weighted by atomic mass is 10.0. The van der Waals surface area contributed by atoms with Crippen molar-refractivity contribution in [1.29, 1.82) is 0 Å². The molecule has 1 heterocycles. The van der Waals surface area contributed by atoms with Gasteiger partial charge in [0.2, 0.25) is 0 Å². The Morgan fingerprint density at radius 2 is 2.26 bits per heavy atom. The van der Waals surface area contributed by atoms with Gasteiger partial charge in [-0.2, -0.15) is 11.8 Å². The summed E-state index contributed by atoms with van der Waals surface area (Å²) < 4.78 is 0. The molecular formula is C15H23NOS2. The highest BCUT2D eigenvalue weighted by molar-refractivity contribution is 7.99. The van der Waals surface area contributed by atoms with Crippen molar-refractivity contribution in [2.45, 2.75) is 36.3 Å². The van der Waals surface area contributed by atoms with Crippen molar-refractivity contribution in [3.05, 3.63) is 29.8 Å². The molecule has 2 rings (SSSR count). The first-order valence-electron chi connectivity index (χ1n) is 6.78. The summed E-state index contributed by atoms with van der Waals surface area (Å²) in [6.45, 7) is 2.91. The molecule has 0 unspecified atom stereocenters. The van der Waals surface area contributed by atoms with Crippen molar-refractivity contribution < 1.29 is 5.11 Å². The van der Waals surface area contributed by atoms with E-state index < -0.39 is 5.60 Å². The lowest BCUT2D eigenvalue weighted by molar-refractivity contribution is 0.0651. The van der Waals surface area contributed by atoms with Gasteiger partial charge < -0.3 is 10.4 Å². The first kappa shape index (κ1) is 15.2. The van der Waals surface area contributed by atoms with E-state index in [4.69, 9.17) is 0 Å². The summed E-state index contributed by atoms with van der Waals surface area (Å²) in [6.07, 6.45) is 4.05. The molecule has 2 N–H and O–H groups in total. The first-order valence-corrected chi connectivity index (χ1v) is 9.16. The molecule has 106 valence electrons. The van der Waals surface area contributed by atoms with Gasteiger partial charge in [-0.15, -0.1) is 11.8 Å². The molecule has 0 bridgehead atoms. The van der Waals surface area contributed by atoms with E-state index in [0.717, 1.165) is 24.3 Å². The fourth-order valence-corrected chi connectivity index (χ4v) is 4.30. The van der Waals surface area contributed by atoms with Gasteiger partial charge >= 0.3 is 0 Å². The number of benzene rings is 1. The van der Waals surface area contributed by atoms with Crippen molar-refractivity contribution in [1.82, 2.24) is 5.32 Å². The molecule has 1 aromatic carbocycles. The molecule has 1 aliphatic heterocycles. The minimum Gasteiger partial charge on any atom is -0.388 e. The fraction of sp³-hybridized carbons (Fsp3) is 0.600. The highest BCUT2D eigenvalue weighted by Crippen LogP contribution is 2.27.